The third-order valence-corrected chi connectivity index (χ3v) is 8.69. The lowest BCUT2D eigenvalue weighted by molar-refractivity contribution is 0.0995. The van der Waals surface area contributed by atoms with Crippen LogP contribution in [0.5, 0.6) is 5.88 Å². The average Bonchev–Trinajstić information content (AvgIpc) is 3.30. The molecule has 0 bridgehead atoms. The Morgan fingerprint density at radius 1 is 1.10 bits per heavy atom. The molecule has 3 aromatic rings. The Balaban J connectivity index is 1.70. The maximum absolute atomic E-state index is 13.7. The summed E-state index contributed by atoms with van der Waals surface area (Å²) in [5, 5.41) is 7.15. The quantitative estimate of drug-likeness (QED) is 0.322. The number of rotatable bonds is 12. The van der Waals surface area contributed by atoms with E-state index in [9.17, 15) is 18.0 Å². The van der Waals surface area contributed by atoms with Gasteiger partial charge in [-0.15, -0.1) is 0 Å². The fourth-order valence-corrected chi connectivity index (χ4v) is 6.07. The van der Waals surface area contributed by atoms with E-state index < -0.39 is 21.8 Å². The summed E-state index contributed by atoms with van der Waals surface area (Å²) in [4.78, 5) is 36.6. The fourth-order valence-electron chi connectivity index (χ4n) is 4.67. The molecule has 1 aliphatic rings. The molecule has 0 aromatic carbocycles. The van der Waals surface area contributed by atoms with Crippen molar-refractivity contribution in [3.8, 4) is 5.88 Å². The van der Waals surface area contributed by atoms with E-state index in [1.165, 1.54) is 16.6 Å². The lowest BCUT2D eigenvalue weighted by Gasteiger charge is -2.33. The van der Waals surface area contributed by atoms with Crippen LogP contribution in [0.25, 0.3) is 0 Å². The van der Waals surface area contributed by atoms with Gasteiger partial charge in [-0.25, -0.2) is 13.4 Å². The van der Waals surface area contributed by atoms with Gasteiger partial charge in [0.2, 0.25) is 15.9 Å². The van der Waals surface area contributed by atoms with Crippen LogP contribution in [0.1, 0.15) is 59.4 Å². The van der Waals surface area contributed by atoms with Crippen LogP contribution < -0.4 is 15.8 Å². The molecule has 0 aliphatic carbocycles. The van der Waals surface area contributed by atoms with Crippen LogP contribution in [0.3, 0.4) is 0 Å². The molecule has 1 fully saturated rings. The minimum Gasteiger partial charge on any atom is -0.477 e. The topological polar surface area (TPSA) is 166 Å². The molecule has 0 spiro atoms. The molecule has 14 heteroatoms. The predicted molar refractivity (Wildman–Crippen MR) is 152 cm³/mol. The Bertz CT molecular complexity index is 1480. The average molecular weight is 585 g/mol. The summed E-state index contributed by atoms with van der Waals surface area (Å²) in [6.07, 6.45) is 4.03. The maximum Gasteiger partial charge on any atom is 0.271 e. The van der Waals surface area contributed by atoms with Gasteiger partial charge in [0.25, 0.3) is 11.8 Å². The Labute approximate surface area is 239 Å². The molecule has 4 rings (SSSR count). The lowest BCUT2D eigenvalue weighted by Crippen LogP contribution is -2.48. The first-order chi connectivity index (χ1) is 19.7. The largest absolute Gasteiger partial charge is 0.477 e. The number of primary amides is 1. The van der Waals surface area contributed by atoms with Crippen molar-refractivity contribution in [1.29, 1.82) is 0 Å². The second kappa shape index (κ2) is 13.2. The summed E-state index contributed by atoms with van der Waals surface area (Å²) in [5.74, 6) is -1.55. The zero-order valence-electron chi connectivity index (χ0n) is 23.5. The van der Waals surface area contributed by atoms with Gasteiger partial charge in [0.05, 0.1) is 36.4 Å². The van der Waals surface area contributed by atoms with E-state index in [2.05, 4.69) is 25.3 Å². The lowest BCUT2D eigenvalue weighted by atomic mass is 10.1. The molecule has 2 amide bonds. The molecular weight excluding hydrogens is 548 g/mol. The van der Waals surface area contributed by atoms with Crippen molar-refractivity contribution in [1.82, 2.24) is 29.0 Å². The minimum atomic E-state index is -3.91. The van der Waals surface area contributed by atoms with Crippen molar-refractivity contribution in [2.75, 3.05) is 44.6 Å². The first-order valence-corrected chi connectivity index (χ1v) is 15.1. The third-order valence-electron chi connectivity index (χ3n) is 6.82. The second-order valence-corrected chi connectivity index (χ2v) is 11.5. The van der Waals surface area contributed by atoms with E-state index in [1.54, 1.807) is 23.9 Å². The van der Waals surface area contributed by atoms with E-state index in [4.69, 9.17) is 10.5 Å². The molecular formula is C27H36N8O5S. The van der Waals surface area contributed by atoms with Crippen LogP contribution in [0.2, 0.25) is 0 Å². The van der Waals surface area contributed by atoms with E-state index in [0.29, 0.717) is 50.4 Å². The summed E-state index contributed by atoms with van der Waals surface area (Å²) < 4.78 is 35.5. The summed E-state index contributed by atoms with van der Waals surface area (Å²) in [6, 6.07) is 6.73. The van der Waals surface area contributed by atoms with Crippen LogP contribution in [-0.4, -0.2) is 88.5 Å². The number of anilines is 1. The molecule has 4 heterocycles. The van der Waals surface area contributed by atoms with Crippen molar-refractivity contribution in [3.63, 3.8) is 0 Å². The minimum absolute atomic E-state index is 0.0294. The normalized spacial score (nSPS) is 14.6. The Morgan fingerprint density at radius 2 is 1.85 bits per heavy atom. The summed E-state index contributed by atoms with van der Waals surface area (Å²) in [6.45, 7) is 8.93. The molecule has 0 radical (unpaired) electrons. The number of piperazine rings is 1. The van der Waals surface area contributed by atoms with Gasteiger partial charge >= 0.3 is 0 Å². The number of nitrogens with zero attached hydrogens (tertiary/aromatic N) is 6. The van der Waals surface area contributed by atoms with Crippen LogP contribution in [-0.2, 0) is 23.0 Å². The number of amides is 2. The van der Waals surface area contributed by atoms with Crippen molar-refractivity contribution in [2.45, 2.75) is 45.1 Å². The Hall–Kier alpha value is -3.88. The highest BCUT2D eigenvalue weighted by molar-refractivity contribution is 7.89. The van der Waals surface area contributed by atoms with E-state index in [-0.39, 0.29) is 40.9 Å². The Kier molecular flexibility index (Phi) is 9.68. The van der Waals surface area contributed by atoms with Gasteiger partial charge in [-0.1, -0.05) is 26.3 Å². The zero-order valence-corrected chi connectivity index (χ0v) is 24.4. The number of nitrogens with two attached hydrogens (primary N) is 1. The van der Waals surface area contributed by atoms with Gasteiger partial charge in [-0.05, 0) is 38.1 Å². The molecule has 13 nitrogen and oxygen atoms in total. The predicted octanol–water partition coefficient (Wildman–Crippen LogP) is 1.75. The number of ether oxygens (including phenoxy) is 1. The third kappa shape index (κ3) is 6.72. The number of hydrogen-bond acceptors (Lipinski definition) is 9. The van der Waals surface area contributed by atoms with E-state index >= 15 is 0 Å². The number of carbonyl (C=O) groups excluding carboxylic acids is 2. The smallest absolute Gasteiger partial charge is 0.271 e. The van der Waals surface area contributed by atoms with Gasteiger partial charge in [0, 0.05) is 32.4 Å². The standard InChI is InChI=1S/C27H36N8O5S/c1-4-9-22-23(24(25(28)36)32-35(22)18-19-10-7-8-11-29-19)31-26(37)21-16-20(17-30-27(21)40-6-3)41(38,39)34-14-12-33(5-2)13-15-34/h7-8,10-11,16-17H,4-6,9,12-15,18H2,1-3H3,(H2,28,36)(H,31,37). The number of nitrogens with one attached hydrogen (secondary N) is 1. The highest BCUT2D eigenvalue weighted by atomic mass is 32.2. The summed E-state index contributed by atoms with van der Waals surface area (Å²) in [7, 11) is -3.91. The highest BCUT2D eigenvalue weighted by Gasteiger charge is 2.31. The van der Waals surface area contributed by atoms with Crippen LogP contribution in [0.15, 0.2) is 41.6 Å². The van der Waals surface area contributed by atoms with Gasteiger partial charge in [-0.2, -0.15) is 9.40 Å². The molecule has 1 saturated heterocycles. The number of carbonyl (C=O) groups is 2. The number of aromatic nitrogens is 4. The van der Waals surface area contributed by atoms with Crippen LogP contribution in [0.4, 0.5) is 5.69 Å². The SMILES string of the molecule is CCCc1c(NC(=O)c2cc(S(=O)(=O)N3CCN(CC)CC3)cnc2OCC)c(C(N)=O)nn1Cc1ccccn1. The molecule has 0 unspecified atom stereocenters. The van der Waals surface area contributed by atoms with E-state index in [1.807, 2.05) is 26.0 Å². The van der Waals surface area contributed by atoms with Gasteiger partial charge < -0.3 is 20.7 Å². The van der Waals surface area contributed by atoms with Crippen molar-refractivity contribution >= 4 is 27.5 Å². The number of sulfonamides is 1. The molecule has 3 N–H and O–H groups in total. The molecule has 0 saturated carbocycles. The summed E-state index contributed by atoms with van der Waals surface area (Å²) in [5.41, 5.74) is 6.91. The first kappa shape index (κ1) is 30.1. The van der Waals surface area contributed by atoms with Gasteiger partial charge in [-0.3, -0.25) is 19.3 Å². The maximum atomic E-state index is 13.7. The highest BCUT2D eigenvalue weighted by Crippen LogP contribution is 2.28. The zero-order chi connectivity index (χ0) is 29.6. The van der Waals surface area contributed by atoms with Crippen molar-refractivity contribution in [3.05, 3.63) is 59.3 Å². The van der Waals surface area contributed by atoms with Crippen LogP contribution >= 0.6 is 0 Å². The molecule has 1 aliphatic heterocycles. The molecule has 0 atom stereocenters. The van der Waals surface area contributed by atoms with Gasteiger partial charge in [0.15, 0.2) is 5.69 Å². The number of hydrogen-bond donors (Lipinski definition) is 2. The Morgan fingerprint density at radius 3 is 2.46 bits per heavy atom. The van der Waals surface area contributed by atoms with Crippen molar-refractivity contribution in [2.24, 2.45) is 5.73 Å². The number of pyridine rings is 2. The second-order valence-electron chi connectivity index (χ2n) is 9.51. The monoisotopic (exact) mass is 584 g/mol. The fraction of sp³-hybridized carbons (Fsp3) is 0.444. The summed E-state index contributed by atoms with van der Waals surface area (Å²) >= 11 is 0. The molecule has 41 heavy (non-hydrogen) atoms. The van der Waals surface area contributed by atoms with Crippen molar-refractivity contribution < 1.29 is 22.7 Å². The number of likely N-dealkylation sites (N-methyl/N-ethyl adjacent to an activating group) is 1. The van der Waals surface area contributed by atoms with Crippen LogP contribution in [0, 0.1) is 0 Å². The molecule has 3 aromatic heterocycles. The van der Waals surface area contributed by atoms with E-state index in [0.717, 1.165) is 6.54 Å². The first-order valence-electron chi connectivity index (χ1n) is 13.7. The van der Waals surface area contributed by atoms with Gasteiger partial charge in [0.1, 0.15) is 10.5 Å². The molecule has 220 valence electrons.